The first-order valence-corrected chi connectivity index (χ1v) is 10.5. The Kier molecular flexibility index (Phi) is 6.75. The number of nitrogens with one attached hydrogen (secondary N) is 1. The van der Waals surface area contributed by atoms with Gasteiger partial charge in [0.1, 0.15) is 11.5 Å². The van der Waals surface area contributed by atoms with E-state index in [4.69, 9.17) is 9.47 Å². The number of likely N-dealkylation sites (tertiary alicyclic amines) is 1. The zero-order chi connectivity index (χ0) is 19.3. The number of hydrogen-bond acceptors (Lipinski definition) is 5. The molecule has 1 aliphatic rings. The fraction of sp³-hybridized carbons (Fsp3) is 0.611. The maximum Gasteiger partial charge on any atom is 0.321 e. The fourth-order valence-corrected chi connectivity index (χ4v) is 5.25. The van der Waals surface area contributed by atoms with E-state index in [9.17, 15) is 13.2 Å². The Hall–Kier alpha value is -1.96. The maximum absolute atomic E-state index is 12.5. The van der Waals surface area contributed by atoms with E-state index in [1.54, 1.807) is 30.2 Å². The number of nitrogens with zero attached hydrogens (tertiary/aromatic N) is 1. The first-order valence-electron chi connectivity index (χ1n) is 8.76. The van der Waals surface area contributed by atoms with E-state index in [0.717, 1.165) is 0 Å². The molecule has 26 heavy (non-hydrogen) atoms. The van der Waals surface area contributed by atoms with Crippen molar-refractivity contribution in [2.45, 2.75) is 31.9 Å². The van der Waals surface area contributed by atoms with E-state index in [1.165, 1.54) is 7.11 Å². The molecule has 1 aliphatic heterocycles. The van der Waals surface area contributed by atoms with Crippen molar-refractivity contribution < 1.29 is 22.7 Å². The second kappa shape index (κ2) is 8.62. The van der Waals surface area contributed by atoms with Crippen LogP contribution in [-0.2, 0) is 9.84 Å². The van der Waals surface area contributed by atoms with E-state index >= 15 is 0 Å². The van der Waals surface area contributed by atoms with Gasteiger partial charge in [0.2, 0.25) is 0 Å². The fourth-order valence-electron chi connectivity index (χ4n) is 3.11. The average molecular weight is 384 g/mol. The Bertz CT molecular complexity index is 725. The van der Waals surface area contributed by atoms with Crippen molar-refractivity contribution in [2.75, 3.05) is 38.4 Å². The molecule has 0 spiro atoms. The predicted octanol–water partition coefficient (Wildman–Crippen LogP) is 2.77. The van der Waals surface area contributed by atoms with E-state index in [2.05, 4.69) is 5.32 Å². The first kappa shape index (κ1) is 20.4. The molecule has 0 aliphatic carbocycles. The molecule has 0 aromatic heterocycles. The minimum absolute atomic E-state index is 0.115. The number of methoxy groups -OCH3 is 2. The second-order valence-electron chi connectivity index (χ2n) is 6.91. The summed E-state index contributed by atoms with van der Waals surface area (Å²) in [6, 6.07) is 4.90. The van der Waals surface area contributed by atoms with Gasteiger partial charge in [0.15, 0.2) is 9.84 Å². The lowest BCUT2D eigenvalue weighted by Crippen LogP contribution is -2.45. The summed E-state index contributed by atoms with van der Waals surface area (Å²) in [5, 5.41) is 2.47. The Morgan fingerprint density at radius 2 is 1.88 bits per heavy atom. The van der Waals surface area contributed by atoms with Gasteiger partial charge in [0.25, 0.3) is 0 Å². The zero-order valence-electron chi connectivity index (χ0n) is 15.8. The summed E-state index contributed by atoms with van der Waals surface area (Å²) in [4.78, 5) is 14.1. The number of ether oxygens (including phenoxy) is 2. The van der Waals surface area contributed by atoms with Gasteiger partial charge < -0.3 is 19.7 Å². The number of rotatable bonds is 6. The van der Waals surface area contributed by atoms with Crippen molar-refractivity contribution in [3.63, 3.8) is 0 Å². The van der Waals surface area contributed by atoms with Crippen molar-refractivity contribution in [2.24, 2.45) is 5.92 Å². The Morgan fingerprint density at radius 3 is 2.42 bits per heavy atom. The van der Waals surface area contributed by atoms with Crippen LogP contribution in [0.5, 0.6) is 11.5 Å². The van der Waals surface area contributed by atoms with Crippen molar-refractivity contribution in [1.82, 2.24) is 4.90 Å². The van der Waals surface area contributed by atoms with E-state index < -0.39 is 9.84 Å². The number of benzene rings is 1. The lowest BCUT2D eigenvalue weighted by atomic mass is 10.1. The third-order valence-electron chi connectivity index (χ3n) is 4.45. The molecule has 8 heteroatoms. The van der Waals surface area contributed by atoms with Crippen LogP contribution in [0, 0.1) is 5.92 Å². The Balaban J connectivity index is 1.97. The van der Waals surface area contributed by atoms with E-state index in [-0.39, 0.29) is 23.0 Å². The number of urea groups is 1. The minimum Gasteiger partial charge on any atom is -0.497 e. The SMILES string of the molecule is COc1ccc(NC(=O)N2CCC(S(=O)(=O)CC(C)C)CC2)c(OC)c1. The smallest absolute Gasteiger partial charge is 0.321 e. The highest BCUT2D eigenvalue weighted by Gasteiger charge is 2.32. The molecule has 1 heterocycles. The standard InChI is InChI=1S/C18H28N2O5S/c1-13(2)12-26(22,23)15-7-9-20(10-8-15)18(21)19-16-6-5-14(24-3)11-17(16)25-4/h5-6,11,13,15H,7-10,12H2,1-4H3,(H,19,21). The zero-order valence-corrected chi connectivity index (χ0v) is 16.6. The van der Waals surface area contributed by atoms with Crippen LogP contribution in [0.4, 0.5) is 10.5 Å². The largest absolute Gasteiger partial charge is 0.497 e. The number of amides is 2. The molecule has 1 fully saturated rings. The molecule has 0 bridgehead atoms. The summed E-state index contributed by atoms with van der Waals surface area (Å²) in [5.41, 5.74) is 0.549. The highest BCUT2D eigenvalue weighted by Crippen LogP contribution is 2.29. The van der Waals surface area contributed by atoms with Gasteiger partial charge in [-0.05, 0) is 30.9 Å². The minimum atomic E-state index is -3.10. The summed E-state index contributed by atoms with van der Waals surface area (Å²) >= 11 is 0. The highest BCUT2D eigenvalue weighted by atomic mass is 32.2. The molecule has 1 aromatic rings. The van der Waals surface area contributed by atoms with Crippen molar-refractivity contribution in [1.29, 1.82) is 0 Å². The lowest BCUT2D eigenvalue weighted by molar-refractivity contribution is 0.200. The molecule has 0 unspecified atom stereocenters. The summed E-state index contributed by atoms with van der Waals surface area (Å²) in [6.07, 6.45) is 0.949. The number of carbonyl (C=O) groups excluding carboxylic acids is 1. The topological polar surface area (TPSA) is 84.9 Å². The van der Waals surface area contributed by atoms with Crippen LogP contribution >= 0.6 is 0 Å². The molecule has 1 saturated heterocycles. The first-order chi connectivity index (χ1) is 12.3. The van der Waals surface area contributed by atoms with Crippen molar-refractivity contribution in [3.05, 3.63) is 18.2 Å². The third-order valence-corrected chi connectivity index (χ3v) is 7.07. The van der Waals surface area contributed by atoms with Crippen LogP contribution in [0.1, 0.15) is 26.7 Å². The van der Waals surface area contributed by atoms with Gasteiger partial charge in [-0.15, -0.1) is 0 Å². The van der Waals surface area contributed by atoms with Gasteiger partial charge in [-0.1, -0.05) is 13.8 Å². The van der Waals surface area contributed by atoms with Gasteiger partial charge in [0.05, 0.1) is 30.9 Å². The lowest BCUT2D eigenvalue weighted by Gasteiger charge is -2.32. The molecule has 2 rings (SSSR count). The van der Waals surface area contributed by atoms with Crippen LogP contribution in [0.15, 0.2) is 18.2 Å². The van der Waals surface area contributed by atoms with Crippen LogP contribution in [0.25, 0.3) is 0 Å². The number of anilines is 1. The normalized spacial score (nSPS) is 15.8. The molecule has 0 atom stereocenters. The van der Waals surface area contributed by atoms with E-state index in [0.29, 0.717) is 43.1 Å². The summed E-state index contributed by atoms with van der Waals surface area (Å²) < 4.78 is 35.1. The number of piperidine rings is 1. The van der Waals surface area contributed by atoms with Gasteiger partial charge in [0, 0.05) is 19.2 Å². The maximum atomic E-state index is 12.5. The average Bonchev–Trinajstić information content (AvgIpc) is 2.61. The van der Waals surface area contributed by atoms with Crippen molar-refractivity contribution >= 4 is 21.6 Å². The number of carbonyl (C=O) groups is 1. The molecule has 1 aromatic carbocycles. The monoisotopic (exact) mass is 384 g/mol. The summed E-state index contributed by atoms with van der Waals surface area (Å²) in [7, 11) is -0.0179. The number of sulfone groups is 1. The number of hydrogen-bond donors (Lipinski definition) is 1. The highest BCUT2D eigenvalue weighted by molar-refractivity contribution is 7.92. The molecule has 0 radical (unpaired) electrons. The molecule has 7 nitrogen and oxygen atoms in total. The second-order valence-corrected chi connectivity index (χ2v) is 9.23. The van der Waals surface area contributed by atoms with Crippen LogP contribution in [-0.4, -0.2) is 57.7 Å². The molecular formula is C18H28N2O5S. The molecule has 0 saturated carbocycles. The Morgan fingerprint density at radius 1 is 1.23 bits per heavy atom. The summed E-state index contributed by atoms with van der Waals surface area (Å²) in [5.74, 6) is 1.46. The van der Waals surface area contributed by atoms with Gasteiger partial charge in [-0.3, -0.25) is 0 Å². The van der Waals surface area contributed by atoms with Gasteiger partial charge in [-0.25, -0.2) is 13.2 Å². The Labute approximate surface area is 155 Å². The molecular weight excluding hydrogens is 356 g/mol. The molecule has 146 valence electrons. The molecule has 2 amide bonds. The van der Waals surface area contributed by atoms with E-state index in [1.807, 2.05) is 13.8 Å². The van der Waals surface area contributed by atoms with Gasteiger partial charge in [-0.2, -0.15) is 0 Å². The quantitative estimate of drug-likeness (QED) is 0.815. The van der Waals surface area contributed by atoms with Crippen LogP contribution < -0.4 is 14.8 Å². The molecule has 1 N–H and O–H groups in total. The van der Waals surface area contributed by atoms with Gasteiger partial charge >= 0.3 is 6.03 Å². The van der Waals surface area contributed by atoms with Crippen molar-refractivity contribution in [3.8, 4) is 11.5 Å². The predicted molar refractivity (Wildman–Crippen MR) is 102 cm³/mol. The third kappa shape index (κ3) is 5.03. The van der Waals surface area contributed by atoms with Crippen LogP contribution in [0.3, 0.4) is 0 Å². The van der Waals surface area contributed by atoms with Crippen LogP contribution in [0.2, 0.25) is 0 Å². The summed E-state index contributed by atoms with van der Waals surface area (Å²) in [6.45, 7) is 4.66.